The molecule has 0 fully saturated rings. The monoisotopic (exact) mass is 317 g/mol. The first-order valence-electron chi connectivity index (χ1n) is 7.24. The fourth-order valence-electron chi connectivity index (χ4n) is 2.49. The van der Waals surface area contributed by atoms with Gasteiger partial charge in [-0.25, -0.2) is 0 Å². The highest BCUT2D eigenvalue weighted by Gasteiger charge is 2.07. The first-order chi connectivity index (χ1) is 11.7. The highest BCUT2D eigenvalue weighted by molar-refractivity contribution is 5.93. The van der Waals surface area contributed by atoms with E-state index in [0.29, 0.717) is 11.5 Å². The maximum Gasteiger partial charge on any atom is 0.269 e. The second kappa shape index (κ2) is 5.54. The zero-order chi connectivity index (χ0) is 16.5. The van der Waals surface area contributed by atoms with Crippen LogP contribution in [0.3, 0.4) is 0 Å². The van der Waals surface area contributed by atoms with Crippen LogP contribution in [0.2, 0.25) is 0 Å². The van der Waals surface area contributed by atoms with Crippen molar-refractivity contribution in [1.82, 2.24) is 19.8 Å². The van der Waals surface area contributed by atoms with Crippen LogP contribution in [0.25, 0.3) is 28.6 Å². The molecule has 2 heterocycles. The van der Waals surface area contributed by atoms with Crippen molar-refractivity contribution in [2.24, 2.45) is 0 Å². The molecule has 7 heteroatoms. The van der Waals surface area contributed by atoms with Gasteiger partial charge in [0.1, 0.15) is 0 Å². The Labute approximate surface area is 136 Å². The quantitative estimate of drug-likeness (QED) is 0.427. The van der Waals surface area contributed by atoms with E-state index in [0.717, 1.165) is 16.3 Å². The normalized spacial score (nSPS) is 11.5. The lowest BCUT2D eigenvalue weighted by atomic mass is 10.2. The molecule has 2 aromatic heterocycles. The van der Waals surface area contributed by atoms with Crippen LogP contribution in [-0.2, 0) is 0 Å². The maximum absolute atomic E-state index is 10.7. The molecule has 0 aliphatic heterocycles. The van der Waals surface area contributed by atoms with Gasteiger partial charge in [0, 0.05) is 22.9 Å². The SMILES string of the molecule is O=[N+]([O-])c1ccc(/C=C/c2nnc3c4ccccc4cnn23)cc1. The molecule has 116 valence electrons. The Morgan fingerprint density at radius 3 is 2.58 bits per heavy atom. The summed E-state index contributed by atoms with van der Waals surface area (Å²) in [6, 6.07) is 14.1. The average Bonchev–Trinajstić information content (AvgIpc) is 3.04. The van der Waals surface area contributed by atoms with Crippen molar-refractivity contribution in [2.75, 3.05) is 0 Å². The minimum absolute atomic E-state index is 0.0632. The first-order valence-corrected chi connectivity index (χ1v) is 7.24. The third kappa shape index (κ3) is 2.38. The molecule has 0 aliphatic carbocycles. The number of nitro benzene ring substituents is 1. The summed E-state index contributed by atoms with van der Waals surface area (Å²) in [6.45, 7) is 0. The topological polar surface area (TPSA) is 86.2 Å². The lowest BCUT2D eigenvalue weighted by Crippen LogP contribution is -1.94. The largest absolute Gasteiger partial charge is 0.269 e. The van der Waals surface area contributed by atoms with Gasteiger partial charge < -0.3 is 0 Å². The number of fused-ring (bicyclic) bond motifs is 3. The van der Waals surface area contributed by atoms with E-state index < -0.39 is 4.92 Å². The number of aromatic nitrogens is 4. The number of rotatable bonds is 3. The van der Waals surface area contributed by atoms with Crippen molar-refractivity contribution in [2.45, 2.75) is 0 Å². The maximum atomic E-state index is 10.7. The molecule has 0 saturated heterocycles. The van der Waals surface area contributed by atoms with Gasteiger partial charge in [-0.05, 0) is 23.8 Å². The van der Waals surface area contributed by atoms with Crippen LogP contribution in [0.5, 0.6) is 0 Å². The summed E-state index contributed by atoms with van der Waals surface area (Å²) in [6.07, 6.45) is 5.37. The number of benzene rings is 2. The molecule has 4 rings (SSSR count). The lowest BCUT2D eigenvalue weighted by molar-refractivity contribution is -0.384. The summed E-state index contributed by atoms with van der Waals surface area (Å²) in [4.78, 5) is 10.2. The number of nitro groups is 1. The van der Waals surface area contributed by atoms with E-state index in [9.17, 15) is 10.1 Å². The molecule has 0 atom stereocenters. The Kier molecular flexibility index (Phi) is 3.24. The molecule has 0 aliphatic rings. The van der Waals surface area contributed by atoms with Crippen LogP contribution in [0, 0.1) is 10.1 Å². The van der Waals surface area contributed by atoms with E-state index in [2.05, 4.69) is 15.3 Å². The van der Waals surface area contributed by atoms with Crippen LogP contribution >= 0.6 is 0 Å². The van der Waals surface area contributed by atoms with Crippen molar-refractivity contribution < 1.29 is 4.92 Å². The number of nitrogens with zero attached hydrogens (tertiary/aromatic N) is 5. The van der Waals surface area contributed by atoms with Crippen LogP contribution in [0.1, 0.15) is 11.4 Å². The minimum atomic E-state index is -0.422. The lowest BCUT2D eigenvalue weighted by Gasteiger charge is -1.99. The average molecular weight is 317 g/mol. The smallest absolute Gasteiger partial charge is 0.258 e. The zero-order valence-corrected chi connectivity index (χ0v) is 12.4. The van der Waals surface area contributed by atoms with E-state index in [-0.39, 0.29) is 5.69 Å². The third-order valence-electron chi connectivity index (χ3n) is 3.71. The van der Waals surface area contributed by atoms with Crippen molar-refractivity contribution in [1.29, 1.82) is 0 Å². The molecule has 4 aromatic rings. The minimum Gasteiger partial charge on any atom is -0.258 e. The molecule has 7 nitrogen and oxygen atoms in total. The number of hydrogen-bond donors (Lipinski definition) is 0. The highest BCUT2D eigenvalue weighted by Crippen LogP contribution is 2.18. The summed E-state index contributed by atoms with van der Waals surface area (Å²) >= 11 is 0. The Morgan fingerprint density at radius 1 is 1.00 bits per heavy atom. The molecular weight excluding hydrogens is 306 g/mol. The van der Waals surface area contributed by atoms with Crippen LogP contribution in [0.15, 0.2) is 54.7 Å². The van der Waals surface area contributed by atoms with Gasteiger partial charge in [-0.1, -0.05) is 30.3 Å². The van der Waals surface area contributed by atoms with Crippen molar-refractivity contribution in [3.05, 3.63) is 76.2 Å². The molecule has 2 aromatic carbocycles. The van der Waals surface area contributed by atoms with Crippen LogP contribution in [-0.4, -0.2) is 24.7 Å². The zero-order valence-electron chi connectivity index (χ0n) is 12.4. The van der Waals surface area contributed by atoms with Gasteiger partial charge in [0.15, 0.2) is 11.5 Å². The van der Waals surface area contributed by atoms with Gasteiger partial charge >= 0.3 is 0 Å². The summed E-state index contributed by atoms with van der Waals surface area (Å²) in [5.41, 5.74) is 1.59. The van der Waals surface area contributed by atoms with Crippen LogP contribution < -0.4 is 0 Å². The molecule has 0 spiro atoms. The number of non-ortho nitro benzene ring substituents is 1. The van der Waals surface area contributed by atoms with E-state index in [1.54, 1.807) is 28.9 Å². The fourth-order valence-corrected chi connectivity index (χ4v) is 2.49. The van der Waals surface area contributed by atoms with Gasteiger partial charge in [-0.15, -0.1) is 10.2 Å². The fraction of sp³-hybridized carbons (Fsp3) is 0. The molecule has 24 heavy (non-hydrogen) atoms. The highest BCUT2D eigenvalue weighted by atomic mass is 16.6. The van der Waals surface area contributed by atoms with Gasteiger partial charge in [0.2, 0.25) is 0 Å². The summed E-state index contributed by atoms with van der Waals surface area (Å²) in [5, 5.41) is 25.4. The predicted octanol–water partition coefficient (Wildman–Crippen LogP) is 3.36. The number of hydrogen-bond acceptors (Lipinski definition) is 5. The Balaban J connectivity index is 1.71. The molecule has 0 N–H and O–H groups in total. The first kappa shape index (κ1) is 14.0. The van der Waals surface area contributed by atoms with Crippen molar-refractivity contribution in [3.63, 3.8) is 0 Å². The summed E-state index contributed by atoms with van der Waals surface area (Å²) in [7, 11) is 0. The van der Waals surface area contributed by atoms with Crippen molar-refractivity contribution >= 4 is 34.3 Å². The van der Waals surface area contributed by atoms with E-state index in [1.165, 1.54) is 12.1 Å². The Morgan fingerprint density at radius 2 is 1.79 bits per heavy atom. The van der Waals surface area contributed by atoms with E-state index in [4.69, 9.17) is 0 Å². The second-order valence-corrected chi connectivity index (χ2v) is 5.21. The van der Waals surface area contributed by atoms with E-state index >= 15 is 0 Å². The summed E-state index contributed by atoms with van der Waals surface area (Å²) < 4.78 is 1.67. The Hall–Kier alpha value is -3.61. The molecule has 0 unspecified atom stereocenters. The molecule has 0 radical (unpaired) electrons. The third-order valence-corrected chi connectivity index (χ3v) is 3.71. The van der Waals surface area contributed by atoms with E-state index in [1.807, 2.05) is 30.3 Å². The standard InChI is InChI=1S/C17H11N5O2/c23-22(24)14-8-5-12(6-9-14)7-10-16-19-20-17-15-4-2-1-3-13(15)11-18-21(16)17/h1-11H/b10-7+. The predicted molar refractivity (Wildman–Crippen MR) is 90.3 cm³/mol. The molecular formula is C17H11N5O2. The second-order valence-electron chi connectivity index (χ2n) is 5.21. The van der Waals surface area contributed by atoms with Crippen molar-refractivity contribution in [3.8, 4) is 0 Å². The summed E-state index contributed by atoms with van der Waals surface area (Å²) in [5.74, 6) is 0.592. The van der Waals surface area contributed by atoms with Gasteiger partial charge in [0.25, 0.3) is 5.69 Å². The Bertz CT molecular complexity index is 1080. The molecule has 0 bridgehead atoms. The van der Waals surface area contributed by atoms with Gasteiger partial charge in [-0.3, -0.25) is 10.1 Å². The van der Waals surface area contributed by atoms with Crippen LogP contribution in [0.4, 0.5) is 5.69 Å². The van der Waals surface area contributed by atoms with Gasteiger partial charge in [0.05, 0.1) is 11.1 Å². The molecule has 0 saturated carbocycles. The molecule has 0 amide bonds. The van der Waals surface area contributed by atoms with Gasteiger partial charge in [-0.2, -0.15) is 9.61 Å².